The maximum absolute atomic E-state index is 12.7. The van der Waals surface area contributed by atoms with Crippen LogP contribution in [0.25, 0.3) is 10.9 Å². The number of aryl methyl sites for hydroxylation is 1. The average Bonchev–Trinajstić information content (AvgIpc) is 3.54. The third-order valence-electron chi connectivity index (χ3n) is 6.14. The monoisotopic (exact) mass is 434 g/mol. The summed E-state index contributed by atoms with van der Waals surface area (Å²) in [5.41, 5.74) is 2.58. The van der Waals surface area contributed by atoms with Crippen LogP contribution in [0.5, 0.6) is 0 Å². The van der Waals surface area contributed by atoms with E-state index in [0.29, 0.717) is 29.9 Å². The molecule has 9 heteroatoms. The Morgan fingerprint density at radius 1 is 1.22 bits per heavy atom. The molecule has 1 aliphatic heterocycles. The van der Waals surface area contributed by atoms with E-state index in [4.69, 9.17) is 4.74 Å². The first-order chi connectivity index (χ1) is 15.4. The van der Waals surface area contributed by atoms with Crippen molar-refractivity contribution < 1.29 is 9.53 Å². The van der Waals surface area contributed by atoms with Crippen LogP contribution in [0, 0.1) is 6.92 Å². The minimum absolute atomic E-state index is 0.112. The summed E-state index contributed by atoms with van der Waals surface area (Å²) in [6, 6.07) is 7.70. The lowest BCUT2D eigenvalue weighted by Gasteiger charge is -2.20. The molecule has 166 valence electrons. The van der Waals surface area contributed by atoms with Gasteiger partial charge in [0.05, 0.1) is 12.1 Å². The second-order valence-electron chi connectivity index (χ2n) is 8.56. The van der Waals surface area contributed by atoms with Crippen LogP contribution in [0.1, 0.15) is 62.0 Å². The number of pyridine rings is 1. The van der Waals surface area contributed by atoms with Gasteiger partial charge in [-0.1, -0.05) is 13.0 Å². The number of H-pyrrole nitrogens is 1. The van der Waals surface area contributed by atoms with Gasteiger partial charge in [0.1, 0.15) is 12.4 Å². The molecule has 9 nitrogen and oxygen atoms in total. The largest absolute Gasteiger partial charge is 0.447 e. The van der Waals surface area contributed by atoms with Gasteiger partial charge in [0.2, 0.25) is 11.9 Å². The van der Waals surface area contributed by atoms with Crippen molar-refractivity contribution in [3.8, 4) is 0 Å². The molecule has 0 unspecified atom stereocenters. The predicted molar refractivity (Wildman–Crippen MR) is 121 cm³/mol. The first kappa shape index (κ1) is 20.4. The minimum Gasteiger partial charge on any atom is -0.447 e. The van der Waals surface area contributed by atoms with Gasteiger partial charge in [0.25, 0.3) is 5.56 Å². The second kappa shape index (κ2) is 7.89. The van der Waals surface area contributed by atoms with Gasteiger partial charge in [-0.2, -0.15) is 15.0 Å². The van der Waals surface area contributed by atoms with Crippen LogP contribution >= 0.6 is 0 Å². The Hall–Kier alpha value is -3.49. The predicted octanol–water partition coefficient (Wildman–Crippen LogP) is 3.81. The Labute approximate surface area is 185 Å². The van der Waals surface area contributed by atoms with Gasteiger partial charge in [-0.15, -0.1) is 0 Å². The molecule has 0 spiro atoms. The molecule has 2 atom stereocenters. The summed E-state index contributed by atoms with van der Waals surface area (Å²) in [6.45, 7) is 5.93. The quantitative estimate of drug-likeness (QED) is 0.606. The molecule has 5 rings (SSSR count). The van der Waals surface area contributed by atoms with E-state index in [2.05, 4.69) is 37.4 Å². The summed E-state index contributed by atoms with van der Waals surface area (Å²) in [7, 11) is 0. The van der Waals surface area contributed by atoms with Crippen molar-refractivity contribution in [1.29, 1.82) is 0 Å². The summed E-state index contributed by atoms with van der Waals surface area (Å²) in [5.74, 6) is 1.67. The molecule has 32 heavy (non-hydrogen) atoms. The van der Waals surface area contributed by atoms with E-state index in [1.54, 1.807) is 6.92 Å². The van der Waals surface area contributed by atoms with E-state index < -0.39 is 6.09 Å². The second-order valence-corrected chi connectivity index (χ2v) is 8.56. The number of aromatic amines is 1. The molecule has 1 aliphatic carbocycles. The van der Waals surface area contributed by atoms with Crippen molar-refractivity contribution in [1.82, 2.24) is 19.9 Å². The zero-order valence-corrected chi connectivity index (χ0v) is 18.4. The van der Waals surface area contributed by atoms with E-state index in [1.807, 2.05) is 26.0 Å². The summed E-state index contributed by atoms with van der Waals surface area (Å²) >= 11 is 0. The molecule has 2 aromatic heterocycles. The summed E-state index contributed by atoms with van der Waals surface area (Å²) in [5, 5.41) is 4.21. The van der Waals surface area contributed by atoms with E-state index in [9.17, 15) is 9.59 Å². The molecule has 3 aromatic rings. The molecule has 3 heterocycles. The zero-order valence-electron chi connectivity index (χ0n) is 18.4. The van der Waals surface area contributed by atoms with Gasteiger partial charge in [0, 0.05) is 11.1 Å². The fraction of sp³-hybridized carbons (Fsp3) is 0.435. The molecule has 2 N–H and O–H groups in total. The molecule has 0 bridgehead atoms. The Balaban J connectivity index is 1.44. The van der Waals surface area contributed by atoms with Crippen molar-refractivity contribution in [3.05, 3.63) is 51.6 Å². The fourth-order valence-corrected chi connectivity index (χ4v) is 4.15. The summed E-state index contributed by atoms with van der Waals surface area (Å²) in [4.78, 5) is 42.5. The molecule has 1 amide bonds. The maximum Gasteiger partial charge on any atom is 0.417 e. The van der Waals surface area contributed by atoms with Gasteiger partial charge in [0.15, 0.2) is 0 Å². The van der Waals surface area contributed by atoms with Gasteiger partial charge < -0.3 is 15.0 Å². The van der Waals surface area contributed by atoms with Crippen molar-refractivity contribution in [2.24, 2.45) is 0 Å². The number of carbonyl (C=O) groups is 1. The lowest BCUT2D eigenvalue weighted by atomic mass is 10.0. The minimum atomic E-state index is -0.459. The normalized spacial score (nSPS) is 19.3. The van der Waals surface area contributed by atoms with Crippen LogP contribution in [-0.4, -0.2) is 38.7 Å². The van der Waals surface area contributed by atoms with Crippen molar-refractivity contribution in [2.45, 2.75) is 58.0 Å². The Morgan fingerprint density at radius 3 is 2.78 bits per heavy atom. The average molecular weight is 435 g/mol. The van der Waals surface area contributed by atoms with Crippen LogP contribution in [-0.2, 0) is 4.74 Å². The summed E-state index contributed by atoms with van der Waals surface area (Å²) < 4.78 is 5.16. The van der Waals surface area contributed by atoms with Crippen LogP contribution in [0.15, 0.2) is 29.1 Å². The van der Waals surface area contributed by atoms with Crippen LogP contribution in [0.3, 0.4) is 0 Å². The molecule has 1 saturated heterocycles. The Bertz CT molecular complexity index is 1250. The highest BCUT2D eigenvalue weighted by Gasteiger charge is 2.35. The Morgan fingerprint density at radius 2 is 2.03 bits per heavy atom. The number of benzene rings is 1. The third kappa shape index (κ3) is 3.79. The molecule has 2 fully saturated rings. The topological polar surface area (TPSA) is 113 Å². The fourth-order valence-electron chi connectivity index (χ4n) is 4.15. The highest BCUT2D eigenvalue weighted by Crippen LogP contribution is 2.40. The van der Waals surface area contributed by atoms with Crippen LogP contribution < -0.4 is 15.8 Å². The molecular weight excluding hydrogens is 408 g/mol. The smallest absolute Gasteiger partial charge is 0.417 e. The first-order valence-electron chi connectivity index (χ1n) is 11.0. The molecule has 1 aromatic carbocycles. The van der Waals surface area contributed by atoms with Gasteiger partial charge in [-0.25, -0.2) is 9.69 Å². The van der Waals surface area contributed by atoms with Gasteiger partial charge >= 0.3 is 6.09 Å². The number of rotatable bonds is 6. The van der Waals surface area contributed by atoms with E-state index in [-0.39, 0.29) is 23.6 Å². The SMILES string of the molecule is CC[C@H]1COC(=O)N1c1nc(C)nc(N[C@H](C)c2cc3cc(C4CC4)ccc3[nH]c2=O)n1. The van der Waals surface area contributed by atoms with Gasteiger partial charge in [-0.3, -0.25) is 4.79 Å². The highest BCUT2D eigenvalue weighted by atomic mass is 16.6. The number of ether oxygens (including phenoxy) is 1. The number of fused-ring (bicyclic) bond motifs is 1. The van der Waals surface area contributed by atoms with Crippen molar-refractivity contribution in [2.75, 3.05) is 16.8 Å². The van der Waals surface area contributed by atoms with E-state index in [1.165, 1.54) is 23.3 Å². The third-order valence-corrected chi connectivity index (χ3v) is 6.14. The number of nitrogens with zero attached hydrogens (tertiary/aromatic N) is 4. The Kier molecular flexibility index (Phi) is 5.03. The molecule has 0 radical (unpaired) electrons. The molecule has 2 aliphatic rings. The number of carbonyl (C=O) groups excluding carboxylic acids is 1. The van der Waals surface area contributed by atoms with E-state index in [0.717, 1.165) is 17.3 Å². The lowest BCUT2D eigenvalue weighted by Crippen LogP contribution is -2.35. The van der Waals surface area contributed by atoms with Crippen LogP contribution in [0.4, 0.5) is 16.7 Å². The number of cyclic esters (lactones) is 1. The zero-order chi connectivity index (χ0) is 22.4. The number of hydrogen-bond donors (Lipinski definition) is 2. The molecule has 1 saturated carbocycles. The van der Waals surface area contributed by atoms with Crippen LogP contribution in [0.2, 0.25) is 0 Å². The standard InChI is InChI=1S/C23H26N6O3/c1-4-17-11-32-23(31)29(17)22-26-13(3)25-21(28-22)24-12(2)18-10-16-9-15(14-5-6-14)7-8-19(16)27-20(18)30/h7-10,12,14,17H,4-6,11H2,1-3H3,(H,27,30)(H,24,25,26,28)/t12-,17+/m1/s1. The number of nitrogens with one attached hydrogen (secondary N) is 2. The maximum atomic E-state index is 12.7. The highest BCUT2D eigenvalue weighted by molar-refractivity contribution is 5.88. The van der Waals surface area contributed by atoms with Gasteiger partial charge in [-0.05, 0) is 68.2 Å². The number of anilines is 2. The number of aromatic nitrogens is 4. The van der Waals surface area contributed by atoms with Crippen molar-refractivity contribution in [3.63, 3.8) is 0 Å². The lowest BCUT2D eigenvalue weighted by molar-refractivity contribution is 0.178. The molecular formula is C23H26N6O3. The van der Waals surface area contributed by atoms with Crippen molar-refractivity contribution >= 4 is 28.9 Å². The first-order valence-corrected chi connectivity index (χ1v) is 11.0. The number of amides is 1. The number of hydrogen-bond acceptors (Lipinski definition) is 7. The summed E-state index contributed by atoms with van der Waals surface area (Å²) in [6.07, 6.45) is 2.72. The van der Waals surface area contributed by atoms with E-state index >= 15 is 0 Å².